The lowest BCUT2D eigenvalue weighted by Gasteiger charge is -2.12. The highest BCUT2D eigenvalue weighted by atomic mass is 32.1. The van der Waals surface area contributed by atoms with Gasteiger partial charge in [-0.3, -0.25) is 14.8 Å². The number of rotatable bonds is 6. The van der Waals surface area contributed by atoms with Crippen LogP contribution in [0.25, 0.3) is 10.6 Å². The summed E-state index contributed by atoms with van der Waals surface area (Å²) in [6.45, 7) is 1.85. The highest BCUT2D eigenvalue weighted by molar-refractivity contribution is 7.13. The minimum Gasteiger partial charge on any atom is -0.453 e. The smallest absolute Gasteiger partial charge is 0.413 e. The van der Waals surface area contributed by atoms with Gasteiger partial charge in [-0.2, -0.15) is 5.10 Å². The monoisotopic (exact) mass is 413 g/mol. The number of aromatic nitrogens is 2. The maximum Gasteiger partial charge on any atom is 0.413 e. The molecule has 2 heterocycles. The molecular formula is C20H19N3O5S. The predicted molar refractivity (Wildman–Crippen MR) is 107 cm³/mol. The predicted octanol–water partition coefficient (Wildman–Crippen LogP) is 3.09. The molecule has 2 aromatic heterocycles. The molecule has 0 aliphatic rings. The van der Waals surface area contributed by atoms with Gasteiger partial charge in [-0.25, -0.2) is 9.59 Å². The maximum absolute atomic E-state index is 12.7. The van der Waals surface area contributed by atoms with Gasteiger partial charge in [-0.1, -0.05) is 36.4 Å². The summed E-state index contributed by atoms with van der Waals surface area (Å²) in [7, 11) is 1.13. The van der Waals surface area contributed by atoms with Crippen molar-refractivity contribution in [3.8, 4) is 10.6 Å². The van der Waals surface area contributed by atoms with Crippen molar-refractivity contribution in [3.63, 3.8) is 0 Å². The number of nitrogens with one attached hydrogen (secondary N) is 1. The van der Waals surface area contributed by atoms with Crippen molar-refractivity contribution in [2.75, 3.05) is 7.11 Å². The summed E-state index contributed by atoms with van der Waals surface area (Å²) in [4.78, 5) is 36.6. The molecule has 0 aliphatic carbocycles. The average Bonchev–Trinajstić information content (AvgIpc) is 3.38. The van der Waals surface area contributed by atoms with Gasteiger partial charge >= 0.3 is 12.1 Å². The van der Waals surface area contributed by atoms with Crippen molar-refractivity contribution in [2.45, 2.75) is 19.6 Å². The summed E-state index contributed by atoms with van der Waals surface area (Å²) in [6.07, 6.45) is -0.516. The van der Waals surface area contributed by atoms with Gasteiger partial charge in [0.25, 0.3) is 5.91 Å². The number of benzene rings is 1. The number of imide groups is 1. The van der Waals surface area contributed by atoms with E-state index in [0.717, 1.165) is 17.6 Å². The second-order valence-corrected chi connectivity index (χ2v) is 7.03. The first-order valence-electron chi connectivity index (χ1n) is 8.73. The second-order valence-electron chi connectivity index (χ2n) is 6.08. The lowest BCUT2D eigenvalue weighted by molar-refractivity contribution is -0.128. The van der Waals surface area contributed by atoms with Crippen molar-refractivity contribution in [1.82, 2.24) is 15.1 Å². The normalized spacial score (nSPS) is 11.5. The van der Waals surface area contributed by atoms with E-state index < -0.39 is 24.1 Å². The van der Waals surface area contributed by atoms with Crippen LogP contribution in [0.3, 0.4) is 0 Å². The third-order valence-electron chi connectivity index (χ3n) is 3.99. The van der Waals surface area contributed by atoms with Crippen molar-refractivity contribution >= 4 is 29.3 Å². The van der Waals surface area contributed by atoms with Gasteiger partial charge in [0, 0.05) is 6.20 Å². The van der Waals surface area contributed by atoms with Gasteiger partial charge in [-0.15, -0.1) is 11.3 Å². The van der Waals surface area contributed by atoms with E-state index in [1.807, 2.05) is 53.2 Å². The molecule has 29 heavy (non-hydrogen) atoms. The van der Waals surface area contributed by atoms with Crippen LogP contribution in [0.2, 0.25) is 0 Å². The zero-order valence-corrected chi connectivity index (χ0v) is 16.6. The van der Waals surface area contributed by atoms with Gasteiger partial charge in [-0.05, 0) is 23.9 Å². The van der Waals surface area contributed by atoms with Crippen LogP contribution in [0.15, 0.2) is 54.0 Å². The molecule has 2 amide bonds. The number of carbonyl (C=O) groups excluding carboxylic acids is 3. The van der Waals surface area contributed by atoms with Crippen LogP contribution in [0.4, 0.5) is 4.79 Å². The van der Waals surface area contributed by atoms with Crippen LogP contribution in [0, 0.1) is 0 Å². The SMILES string of the molecule is COC(=O)NC(=O)[C@@H](C)OC(=O)c1cn(Cc2ccccc2)nc1-c1cccs1. The maximum atomic E-state index is 12.7. The molecule has 0 unspecified atom stereocenters. The van der Waals surface area contributed by atoms with Gasteiger partial charge in [0.1, 0.15) is 11.3 Å². The number of esters is 1. The fourth-order valence-corrected chi connectivity index (χ4v) is 3.27. The molecular weight excluding hydrogens is 394 g/mol. The first-order chi connectivity index (χ1) is 14.0. The lowest BCUT2D eigenvalue weighted by Crippen LogP contribution is -2.39. The van der Waals surface area contributed by atoms with E-state index >= 15 is 0 Å². The van der Waals surface area contributed by atoms with Crippen LogP contribution in [-0.2, 0) is 20.8 Å². The number of carbonyl (C=O) groups is 3. The van der Waals surface area contributed by atoms with Crippen molar-refractivity contribution in [3.05, 3.63) is 65.2 Å². The second kappa shape index (κ2) is 9.16. The Morgan fingerprint density at radius 3 is 2.59 bits per heavy atom. The largest absolute Gasteiger partial charge is 0.453 e. The van der Waals surface area contributed by atoms with E-state index in [1.54, 1.807) is 10.9 Å². The molecule has 3 aromatic rings. The highest BCUT2D eigenvalue weighted by Gasteiger charge is 2.25. The molecule has 0 aliphatic heterocycles. The Kier molecular flexibility index (Phi) is 6.40. The summed E-state index contributed by atoms with van der Waals surface area (Å²) >= 11 is 1.44. The fraction of sp³-hybridized carbons (Fsp3) is 0.200. The fourth-order valence-electron chi connectivity index (χ4n) is 2.55. The van der Waals surface area contributed by atoms with E-state index in [9.17, 15) is 14.4 Å². The van der Waals surface area contributed by atoms with Crippen LogP contribution in [0.5, 0.6) is 0 Å². The number of thiophene rings is 1. The minimum absolute atomic E-state index is 0.237. The topological polar surface area (TPSA) is 99.5 Å². The number of methoxy groups -OCH3 is 1. The summed E-state index contributed by atoms with van der Waals surface area (Å²) < 4.78 is 11.3. The molecule has 9 heteroatoms. The van der Waals surface area contributed by atoms with E-state index in [1.165, 1.54) is 18.3 Å². The van der Waals surface area contributed by atoms with Crippen LogP contribution in [-0.4, -0.2) is 41.0 Å². The molecule has 0 saturated heterocycles. The van der Waals surface area contributed by atoms with Gasteiger partial charge in [0.2, 0.25) is 0 Å². The number of ether oxygens (including phenoxy) is 2. The Hall–Kier alpha value is -3.46. The molecule has 8 nitrogen and oxygen atoms in total. The van der Waals surface area contributed by atoms with E-state index in [2.05, 4.69) is 9.84 Å². The van der Waals surface area contributed by atoms with Crippen LogP contribution >= 0.6 is 11.3 Å². The molecule has 1 N–H and O–H groups in total. The number of hydrogen-bond acceptors (Lipinski definition) is 7. The Balaban J connectivity index is 1.82. The van der Waals surface area contributed by atoms with Crippen molar-refractivity contribution in [1.29, 1.82) is 0 Å². The minimum atomic E-state index is -1.18. The number of nitrogens with zero attached hydrogens (tertiary/aromatic N) is 2. The molecule has 1 atom stereocenters. The van der Waals surface area contributed by atoms with Crippen LogP contribution in [0.1, 0.15) is 22.8 Å². The standard InChI is InChI=1S/C20H19N3O5S/c1-13(18(24)21-20(26)27-2)28-19(25)15-12-23(11-14-7-4-3-5-8-14)22-17(15)16-9-6-10-29-16/h3-10,12-13H,11H2,1-2H3,(H,21,24,26)/t13-/m1/s1. The Labute approximate surface area is 171 Å². The third kappa shape index (κ3) is 5.08. The van der Waals surface area contributed by atoms with E-state index in [0.29, 0.717) is 12.2 Å². The summed E-state index contributed by atoms with van der Waals surface area (Å²) in [5.74, 6) is -1.49. The summed E-state index contributed by atoms with van der Waals surface area (Å²) in [5, 5.41) is 8.39. The summed E-state index contributed by atoms with van der Waals surface area (Å²) in [6, 6.07) is 13.4. The molecule has 3 rings (SSSR count). The molecule has 0 spiro atoms. The lowest BCUT2D eigenvalue weighted by atomic mass is 10.2. The van der Waals surface area contributed by atoms with Crippen molar-refractivity contribution < 1.29 is 23.9 Å². The first-order valence-corrected chi connectivity index (χ1v) is 9.61. The average molecular weight is 413 g/mol. The number of hydrogen-bond donors (Lipinski definition) is 1. The zero-order chi connectivity index (χ0) is 20.8. The molecule has 1 aromatic carbocycles. The van der Waals surface area contributed by atoms with E-state index in [-0.39, 0.29) is 5.56 Å². The van der Waals surface area contributed by atoms with Gasteiger partial charge in [0.15, 0.2) is 6.10 Å². The Bertz CT molecular complexity index is 999. The molecule has 0 radical (unpaired) electrons. The van der Waals surface area contributed by atoms with Gasteiger partial charge < -0.3 is 9.47 Å². The first kappa shape index (κ1) is 20.3. The van der Waals surface area contributed by atoms with Gasteiger partial charge in [0.05, 0.1) is 18.5 Å². The zero-order valence-electron chi connectivity index (χ0n) is 15.8. The molecule has 0 saturated carbocycles. The van der Waals surface area contributed by atoms with Crippen molar-refractivity contribution in [2.24, 2.45) is 0 Å². The van der Waals surface area contributed by atoms with E-state index in [4.69, 9.17) is 4.74 Å². The molecule has 150 valence electrons. The molecule has 0 fully saturated rings. The number of amides is 2. The molecule has 0 bridgehead atoms. The Morgan fingerprint density at radius 1 is 1.17 bits per heavy atom. The third-order valence-corrected chi connectivity index (χ3v) is 4.86. The summed E-state index contributed by atoms with van der Waals surface area (Å²) in [5.41, 5.74) is 1.74. The Morgan fingerprint density at radius 2 is 1.93 bits per heavy atom. The highest BCUT2D eigenvalue weighted by Crippen LogP contribution is 2.27. The quantitative estimate of drug-likeness (QED) is 0.624. The van der Waals surface area contributed by atoms with Crippen LogP contribution < -0.4 is 5.32 Å². The number of alkyl carbamates (subject to hydrolysis) is 1.